The van der Waals surface area contributed by atoms with E-state index >= 15 is 0 Å². The van der Waals surface area contributed by atoms with Crippen molar-refractivity contribution in [2.75, 3.05) is 30.4 Å². The molecule has 0 radical (unpaired) electrons. The van der Waals surface area contributed by atoms with Crippen LogP contribution in [0.2, 0.25) is 5.02 Å². The summed E-state index contributed by atoms with van der Waals surface area (Å²) in [5, 5.41) is 6.34. The van der Waals surface area contributed by atoms with Crippen LogP contribution < -0.4 is 15.5 Å². The van der Waals surface area contributed by atoms with Crippen LogP contribution in [0.3, 0.4) is 0 Å². The van der Waals surface area contributed by atoms with Gasteiger partial charge >= 0.3 is 6.03 Å². The van der Waals surface area contributed by atoms with E-state index in [9.17, 15) is 4.79 Å². The number of nitrogens with one attached hydrogen (secondary N) is 2. The first-order valence-electron chi connectivity index (χ1n) is 8.25. The third-order valence-electron chi connectivity index (χ3n) is 4.30. The van der Waals surface area contributed by atoms with E-state index in [0.29, 0.717) is 11.6 Å². The first kappa shape index (κ1) is 16.7. The molecule has 0 unspecified atom stereocenters. The zero-order chi connectivity index (χ0) is 16.9. The monoisotopic (exact) mass is 343 g/mol. The van der Waals surface area contributed by atoms with Crippen molar-refractivity contribution < 1.29 is 4.79 Å². The van der Waals surface area contributed by atoms with E-state index in [4.69, 9.17) is 11.6 Å². The molecule has 126 valence electrons. The fourth-order valence-electron chi connectivity index (χ4n) is 3.02. The normalized spacial score (nSPS) is 13.3. The van der Waals surface area contributed by atoms with E-state index in [1.807, 2.05) is 0 Å². The van der Waals surface area contributed by atoms with Crippen LogP contribution in [0.15, 0.2) is 42.5 Å². The summed E-state index contributed by atoms with van der Waals surface area (Å²) in [6.07, 6.45) is 3.16. The van der Waals surface area contributed by atoms with Crippen molar-refractivity contribution in [1.82, 2.24) is 5.32 Å². The Morgan fingerprint density at radius 2 is 2.00 bits per heavy atom. The van der Waals surface area contributed by atoms with E-state index < -0.39 is 0 Å². The zero-order valence-electron chi connectivity index (χ0n) is 13.8. The van der Waals surface area contributed by atoms with Crippen molar-refractivity contribution in [3.05, 3.63) is 58.6 Å². The Kier molecular flexibility index (Phi) is 5.26. The molecule has 2 aromatic carbocycles. The molecular formula is C19H22ClN3O. The van der Waals surface area contributed by atoms with Crippen LogP contribution in [0, 0.1) is 0 Å². The number of nitrogens with zero attached hydrogens (tertiary/aromatic N) is 1. The molecule has 0 spiro atoms. The van der Waals surface area contributed by atoms with Crippen LogP contribution in [-0.4, -0.2) is 26.2 Å². The van der Waals surface area contributed by atoms with Gasteiger partial charge in [0.1, 0.15) is 0 Å². The summed E-state index contributed by atoms with van der Waals surface area (Å²) < 4.78 is 0. The van der Waals surface area contributed by atoms with Gasteiger partial charge in [-0.25, -0.2) is 4.79 Å². The van der Waals surface area contributed by atoms with Crippen molar-refractivity contribution in [3.8, 4) is 0 Å². The van der Waals surface area contributed by atoms with E-state index in [0.717, 1.165) is 25.1 Å². The first-order valence-corrected chi connectivity index (χ1v) is 8.63. The number of carbonyl (C=O) groups is 1. The summed E-state index contributed by atoms with van der Waals surface area (Å²) in [4.78, 5) is 14.2. The minimum atomic E-state index is -0.199. The summed E-state index contributed by atoms with van der Waals surface area (Å²) in [5.74, 6) is 0. The van der Waals surface area contributed by atoms with Crippen molar-refractivity contribution in [2.24, 2.45) is 0 Å². The fourth-order valence-corrected chi connectivity index (χ4v) is 3.15. The molecule has 1 heterocycles. The number of benzene rings is 2. The highest BCUT2D eigenvalue weighted by atomic mass is 35.5. The number of halogens is 1. The molecule has 2 amide bonds. The molecule has 1 aliphatic rings. The lowest BCUT2D eigenvalue weighted by atomic mass is 9.98. The minimum absolute atomic E-state index is 0.199. The van der Waals surface area contributed by atoms with Gasteiger partial charge in [-0.3, -0.25) is 0 Å². The number of anilines is 2. The van der Waals surface area contributed by atoms with Crippen LogP contribution in [-0.2, 0) is 12.8 Å². The van der Waals surface area contributed by atoms with Gasteiger partial charge in [0.15, 0.2) is 0 Å². The van der Waals surface area contributed by atoms with Crippen molar-refractivity contribution >= 4 is 29.0 Å². The molecule has 2 aromatic rings. The highest BCUT2D eigenvalue weighted by Gasteiger charge is 2.13. The Bertz CT molecular complexity index is 715. The summed E-state index contributed by atoms with van der Waals surface area (Å²) >= 11 is 5.83. The molecule has 0 aromatic heterocycles. The van der Waals surface area contributed by atoms with Gasteiger partial charge in [0, 0.05) is 36.5 Å². The van der Waals surface area contributed by atoms with Crippen molar-refractivity contribution in [3.63, 3.8) is 0 Å². The van der Waals surface area contributed by atoms with E-state index in [1.54, 1.807) is 24.3 Å². The Morgan fingerprint density at radius 3 is 2.79 bits per heavy atom. The number of amides is 2. The van der Waals surface area contributed by atoms with Crippen molar-refractivity contribution in [2.45, 2.75) is 19.3 Å². The van der Waals surface area contributed by atoms with Gasteiger partial charge in [0.25, 0.3) is 0 Å². The number of carbonyl (C=O) groups excluding carboxylic acids is 1. The largest absolute Gasteiger partial charge is 0.374 e. The molecular weight excluding hydrogens is 322 g/mol. The molecule has 0 atom stereocenters. The Labute approximate surface area is 147 Å². The summed E-state index contributed by atoms with van der Waals surface area (Å²) in [6, 6.07) is 13.5. The molecule has 0 saturated heterocycles. The van der Waals surface area contributed by atoms with Crippen LogP contribution in [0.1, 0.15) is 17.5 Å². The zero-order valence-corrected chi connectivity index (χ0v) is 14.6. The topological polar surface area (TPSA) is 44.4 Å². The Balaban J connectivity index is 1.49. The van der Waals surface area contributed by atoms with Crippen LogP contribution >= 0.6 is 11.6 Å². The molecule has 0 bridgehead atoms. The number of hydrogen-bond acceptors (Lipinski definition) is 2. The van der Waals surface area contributed by atoms with Crippen LogP contribution in [0.4, 0.5) is 16.2 Å². The van der Waals surface area contributed by atoms with Gasteiger partial charge in [-0.05, 0) is 60.7 Å². The number of fused-ring (bicyclic) bond motifs is 1. The predicted molar refractivity (Wildman–Crippen MR) is 100 cm³/mol. The molecule has 0 fully saturated rings. The van der Waals surface area contributed by atoms with Crippen LogP contribution in [0.25, 0.3) is 0 Å². The molecule has 5 heteroatoms. The average Bonchev–Trinajstić information content (AvgIpc) is 2.57. The maximum atomic E-state index is 11.9. The standard InChI is InChI=1S/C19H22ClN3O/c1-23-12-2-3-15-13-14(4-9-18(15)23)10-11-21-19(24)22-17-7-5-16(20)6-8-17/h4-9,13H,2-3,10-12H2,1H3,(H2,21,22,24). The predicted octanol–water partition coefficient (Wildman–Crippen LogP) is 4.09. The number of hydrogen-bond donors (Lipinski definition) is 2. The van der Waals surface area contributed by atoms with Gasteiger partial charge < -0.3 is 15.5 Å². The van der Waals surface area contributed by atoms with E-state index in [1.165, 1.54) is 23.2 Å². The smallest absolute Gasteiger partial charge is 0.319 e. The second kappa shape index (κ2) is 7.58. The van der Waals surface area contributed by atoms with E-state index in [-0.39, 0.29) is 6.03 Å². The molecule has 4 nitrogen and oxygen atoms in total. The maximum Gasteiger partial charge on any atom is 0.319 e. The second-order valence-electron chi connectivity index (χ2n) is 6.13. The summed E-state index contributed by atoms with van der Waals surface area (Å²) in [5.41, 5.74) is 4.73. The molecule has 0 aliphatic carbocycles. The highest BCUT2D eigenvalue weighted by molar-refractivity contribution is 6.30. The molecule has 1 aliphatic heterocycles. The number of rotatable bonds is 4. The third kappa shape index (κ3) is 4.20. The Hall–Kier alpha value is -2.20. The lowest BCUT2D eigenvalue weighted by Gasteiger charge is -2.27. The third-order valence-corrected chi connectivity index (χ3v) is 4.55. The van der Waals surface area contributed by atoms with Gasteiger partial charge in [0.2, 0.25) is 0 Å². The minimum Gasteiger partial charge on any atom is -0.374 e. The molecule has 3 rings (SSSR count). The Morgan fingerprint density at radius 1 is 1.21 bits per heavy atom. The molecule has 0 saturated carbocycles. The van der Waals surface area contributed by atoms with Gasteiger partial charge in [-0.2, -0.15) is 0 Å². The maximum absolute atomic E-state index is 11.9. The van der Waals surface area contributed by atoms with Gasteiger partial charge in [0.05, 0.1) is 0 Å². The van der Waals surface area contributed by atoms with Crippen molar-refractivity contribution in [1.29, 1.82) is 0 Å². The number of urea groups is 1. The highest BCUT2D eigenvalue weighted by Crippen LogP contribution is 2.26. The number of aryl methyl sites for hydroxylation is 1. The quantitative estimate of drug-likeness (QED) is 0.878. The summed E-state index contributed by atoms with van der Waals surface area (Å²) in [6.45, 7) is 1.73. The van der Waals surface area contributed by atoms with Gasteiger partial charge in [-0.1, -0.05) is 23.7 Å². The SMILES string of the molecule is CN1CCCc2cc(CCNC(=O)Nc3ccc(Cl)cc3)ccc21. The van der Waals surface area contributed by atoms with E-state index in [2.05, 4.69) is 40.8 Å². The lowest BCUT2D eigenvalue weighted by Crippen LogP contribution is -2.30. The first-order chi connectivity index (χ1) is 11.6. The fraction of sp³-hybridized carbons (Fsp3) is 0.316. The molecule has 2 N–H and O–H groups in total. The van der Waals surface area contributed by atoms with Crippen LogP contribution in [0.5, 0.6) is 0 Å². The summed E-state index contributed by atoms with van der Waals surface area (Å²) in [7, 11) is 2.14. The molecule has 24 heavy (non-hydrogen) atoms. The average molecular weight is 344 g/mol. The second-order valence-corrected chi connectivity index (χ2v) is 6.56. The van der Waals surface area contributed by atoms with Gasteiger partial charge in [-0.15, -0.1) is 0 Å². The lowest BCUT2D eigenvalue weighted by molar-refractivity contribution is 0.252.